The van der Waals surface area contributed by atoms with Crippen LogP contribution in [0.2, 0.25) is 0 Å². The van der Waals surface area contributed by atoms with Gasteiger partial charge in [0.1, 0.15) is 10.7 Å². The Balaban J connectivity index is 1.61. The number of aromatic nitrogens is 1. The van der Waals surface area contributed by atoms with Crippen molar-refractivity contribution in [3.05, 3.63) is 60.2 Å². The summed E-state index contributed by atoms with van der Waals surface area (Å²) < 4.78 is 40.9. The number of hydrogen-bond acceptors (Lipinski definition) is 4. The summed E-state index contributed by atoms with van der Waals surface area (Å²) in [7, 11) is -1.51. The highest BCUT2D eigenvalue weighted by atomic mass is 32.2. The topological polar surface area (TPSA) is 53.5 Å². The molecule has 132 valence electrons. The van der Waals surface area contributed by atoms with E-state index in [9.17, 15) is 12.8 Å². The van der Waals surface area contributed by atoms with Crippen LogP contribution >= 0.6 is 0 Å². The van der Waals surface area contributed by atoms with Crippen molar-refractivity contribution >= 4 is 10.0 Å². The molecule has 2 aliphatic rings. The molecule has 4 rings (SSSR count). The number of likely N-dealkylation sites (tertiary alicyclic amines) is 1. The molecule has 0 bridgehead atoms. The molecule has 2 saturated heterocycles. The predicted octanol–water partition coefficient (Wildman–Crippen LogP) is 2.14. The van der Waals surface area contributed by atoms with Gasteiger partial charge >= 0.3 is 0 Å². The van der Waals surface area contributed by atoms with E-state index in [-0.39, 0.29) is 28.6 Å². The fourth-order valence-electron chi connectivity index (χ4n) is 4.25. The molecular formula is C18H20FN3O2S. The van der Waals surface area contributed by atoms with Gasteiger partial charge in [0.25, 0.3) is 0 Å². The number of benzene rings is 1. The standard InChI is InChI=1S/C18H20FN3O2S/c1-21-10-14-11-22(25(23,24)16-6-3-7-20-9-16)12-17(14)18(21)13-4-2-5-15(19)8-13/h2-9,14,17-18H,10-12H2,1H3/t14-,17+,18-/m0/s1. The summed E-state index contributed by atoms with van der Waals surface area (Å²) in [5.74, 6) is 0.162. The van der Waals surface area contributed by atoms with Crippen LogP contribution in [0.1, 0.15) is 11.6 Å². The maximum Gasteiger partial charge on any atom is 0.244 e. The van der Waals surface area contributed by atoms with E-state index in [2.05, 4.69) is 9.88 Å². The van der Waals surface area contributed by atoms with Gasteiger partial charge in [-0.2, -0.15) is 4.31 Å². The first-order valence-corrected chi connectivity index (χ1v) is 9.77. The molecule has 0 aliphatic carbocycles. The van der Waals surface area contributed by atoms with Gasteiger partial charge in [0.2, 0.25) is 10.0 Å². The first-order valence-electron chi connectivity index (χ1n) is 8.32. The number of nitrogens with zero attached hydrogens (tertiary/aromatic N) is 3. The Bertz CT molecular complexity index is 875. The van der Waals surface area contributed by atoms with Gasteiger partial charge in [0, 0.05) is 38.1 Å². The minimum Gasteiger partial charge on any atom is -0.299 e. The van der Waals surface area contributed by atoms with Crippen LogP contribution in [0.15, 0.2) is 53.7 Å². The van der Waals surface area contributed by atoms with Crippen molar-refractivity contribution < 1.29 is 12.8 Å². The Labute approximate surface area is 147 Å². The lowest BCUT2D eigenvalue weighted by atomic mass is 9.89. The van der Waals surface area contributed by atoms with E-state index in [1.807, 2.05) is 13.1 Å². The quantitative estimate of drug-likeness (QED) is 0.841. The largest absolute Gasteiger partial charge is 0.299 e. The van der Waals surface area contributed by atoms with Crippen molar-refractivity contribution in [3.63, 3.8) is 0 Å². The lowest BCUT2D eigenvalue weighted by Gasteiger charge is -2.26. The Morgan fingerprint density at radius 2 is 2.00 bits per heavy atom. The molecule has 0 amide bonds. The molecule has 0 spiro atoms. The third-order valence-corrected chi connectivity index (χ3v) is 7.14. The van der Waals surface area contributed by atoms with Crippen LogP contribution in [0.25, 0.3) is 0 Å². The number of rotatable bonds is 3. The second-order valence-electron chi connectivity index (χ2n) is 6.87. The molecule has 0 saturated carbocycles. The second kappa shape index (κ2) is 6.16. The van der Waals surface area contributed by atoms with Gasteiger partial charge in [-0.05, 0) is 48.7 Å². The zero-order valence-electron chi connectivity index (χ0n) is 13.9. The Morgan fingerprint density at radius 3 is 2.72 bits per heavy atom. The first-order chi connectivity index (χ1) is 12.0. The molecule has 5 nitrogen and oxygen atoms in total. The highest BCUT2D eigenvalue weighted by Crippen LogP contribution is 2.45. The van der Waals surface area contributed by atoms with Crippen molar-refractivity contribution in [2.75, 3.05) is 26.7 Å². The highest BCUT2D eigenvalue weighted by molar-refractivity contribution is 7.89. The van der Waals surface area contributed by atoms with Crippen LogP contribution < -0.4 is 0 Å². The molecule has 3 heterocycles. The molecule has 1 aromatic heterocycles. The van der Waals surface area contributed by atoms with Gasteiger partial charge in [-0.25, -0.2) is 12.8 Å². The summed E-state index contributed by atoms with van der Waals surface area (Å²) in [4.78, 5) is 6.36. The minimum absolute atomic E-state index is 0.0369. The van der Waals surface area contributed by atoms with E-state index in [1.54, 1.807) is 34.8 Å². The van der Waals surface area contributed by atoms with Gasteiger partial charge < -0.3 is 0 Å². The Kier molecular flexibility index (Phi) is 4.10. The van der Waals surface area contributed by atoms with Crippen LogP contribution in [0.4, 0.5) is 4.39 Å². The van der Waals surface area contributed by atoms with Gasteiger partial charge in [-0.1, -0.05) is 12.1 Å². The summed E-state index contributed by atoms with van der Waals surface area (Å²) in [6.45, 7) is 1.76. The molecular weight excluding hydrogens is 341 g/mol. The van der Waals surface area contributed by atoms with Crippen LogP contribution in [-0.2, 0) is 10.0 Å². The molecule has 1 aromatic carbocycles. The average molecular weight is 361 g/mol. The number of sulfonamides is 1. The van der Waals surface area contributed by atoms with E-state index in [4.69, 9.17) is 0 Å². The molecule has 0 radical (unpaired) electrons. The van der Waals surface area contributed by atoms with Crippen molar-refractivity contribution in [2.45, 2.75) is 10.9 Å². The van der Waals surface area contributed by atoms with Crippen molar-refractivity contribution in [3.8, 4) is 0 Å². The van der Waals surface area contributed by atoms with Gasteiger partial charge in [0.15, 0.2) is 0 Å². The van der Waals surface area contributed by atoms with Crippen molar-refractivity contribution in [1.82, 2.24) is 14.2 Å². The van der Waals surface area contributed by atoms with Gasteiger partial charge in [0.05, 0.1) is 0 Å². The SMILES string of the molecule is CN1C[C@H]2CN(S(=O)(=O)c3cccnc3)C[C@H]2[C@@H]1c1cccc(F)c1. The summed E-state index contributed by atoms with van der Waals surface area (Å²) in [6, 6.07) is 9.87. The Hall–Kier alpha value is -1.83. The average Bonchev–Trinajstić information content (AvgIpc) is 3.12. The number of pyridine rings is 1. The normalized spacial score (nSPS) is 27.5. The molecule has 2 aliphatic heterocycles. The third kappa shape index (κ3) is 2.86. The first kappa shape index (κ1) is 16.6. The van der Waals surface area contributed by atoms with Crippen LogP contribution in [0.3, 0.4) is 0 Å². The van der Waals surface area contributed by atoms with Crippen LogP contribution in [-0.4, -0.2) is 49.3 Å². The van der Waals surface area contributed by atoms with E-state index < -0.39 is 10.0 Å². The summed E-state index contributed by atoms with van der Waals surface area (Å²) in [5, 5.41) is 0. The maximum atomic E-state index is 13.6. The number of fused-ring (bicyclic) bond motifs is 1. The van der Waals surface area contributed by atoms with Crippen molar-refractivity contribution in [1.29, 1.82) is 0 Å². The van der Waals surface area contributed by atoms with Crippen LogP contribution in [0, 0.1) is 17.7 Å². The predicted molar refractivity (Wildman–Crippen MR) is 91.7 cm³/mol. The smallest absolute Gasteiger partial charge is 0.244 e. The lowest BCUT2D eigenvalue weighted by molar-refractivity contribution is 0.260. The van der Waals surface area contributed by atoms with Gasteiger partial charge in [-0.15, -0.1) is 0 Å². The molecule has 7 heteroatoms. The number of hydrogen-bond donors (Lipinski definition) is 0. The van der Waals surface area contributed by atoms with E-state index in [0.717, 1.165) is 12.1 Å². The molecule has 2 fully saturated rings. The molecule has 0 unspecified atom stereocenters. The summed E-state index contributed by atoms with van der Waals surface area (Å²) >= 11 is 0. The van der Waals surface area contributed by atoms with E-state index in [1.165, 1.54) is 12.3 Å². The number of halogens is 1. The molecule has 2 aromatic rings. The third-order valence-electron chi connectivity index (χ3n) is 5.32. The highest BCUT2D eigenvalue weighted by Gasteiger charge is 2.49. The zero-order valence-corrected chi connectivity index (χ0v) is 14.7. The fraction of sp³-hybridized carbons (Fsp3) is 0.389. The van der Waals surface area contributed by atoms with Gasteiger partial charge in [-0.3, -0.25) is 9.88 Å². The van der Waals surface area contributed by atoms with Crippen molar-refractivity contribution in [2.24, 2.45) is 11.8 Å². The lowest BCUT2D eigenvalue weighted by Crippen LogP contribution is -2.33. The van der Waals surface area contributed by atoms with E-state index >= 15 is 0 Å². The zero-order chi connectivity index (χ0) is 17.6. The summed E-state index contributed by atoms with van der Waals surface area (Å²) in [6.07, 6.45) is 2.95. The van der Waals surface area contributed by atoms with E-state index in [0.29, 0.717) is 13.1 Å². The molecule has 0 N–H and O–H groups in total. The fourth-order valence-corrected chi connectivity index (χ4v) is 5.75. The molecule has 25 heavy (non-hydrogen) atoms. The minimum atomic E-state index is -3.53. The summed E-state index contributed by atoms with van der Waals surface area (Å²) in [5.41, 5.74) is 0.913. The maximum absolute atomic E-state index is 13.6. The molecule has 3 atom stereocenters. The monoisotopic (exact) mass is 361 g/mol. The Morgan fingerprint density at radius 1 is 1.16 bits per heavy atom. The second-order valence-corrected chi connectivity index (χ2v) is 8.81. The van der Waals surface area contributed by atoms with Crippen LogP contribution in [0.5, 0.6) is 0 Å².